The van der Waals surface area contributed by atoms with E-state index >= 15 is 0 Å². The third-order valence-corrected chi connectivity index (χ3v) is 4.45. The Balaban J connectivity index is 1.77. The van der Waals surface area contributed by atoms with Crippen molar-refractivity contribution >= 4 is 45.0 Å². The van der Waals surface area contributed by atoms with Gasteiger partial charge in [-0.2, -0.15) is 0 Å². The molecule has 0 aliphatic rings. The smallest absolute Gasteiger partial charge is 0.407 e. The number of pyridine rings is 1. The lowest BCUT2D eigenvalue weighted by atomic mass is 10.1. The summed E-state index contributed by atoms with van der Waals surface area (Å²) in [6.45, 7) is 0.136. The number of alkyl carbamates (subject to hydrolysis) is 1. The summed E-state index contributed by atoms with van der Waals surface area (Å²) in [6.07, 6.45) is -0.483. The first-order chi connectivity index (χ1) is 13.6. The molecule has 0 fully saturated rings. The van der Waals surface area contributed by atoms with E-state index in [-0.39, 0.29) is 6.61 Å². The Kier molecular flexibility index (Phi) is 4.68. The molecule has 0 aliphatic carbocycles. The maximum Gasteiger partial charge on any atom is 0.407 e. The number of fused-ring (bicyclic) bond motifs is 2. The Morgan fingerprint density at radius 2 is 1.64 bits per heavy atom. The number of hydrogen-bond acceptors (Lipinski definition) is 5. The zero-order chi connectivity index (χ0) is 19.5. The van der Waals surface area contributed by atoms with E-state index in [2.05, 4.69) is 10.6 Å². The summed E-state index contributed by atoms with van der Waals surface area (Å²) in [5, 5.41) is 7.97. The molecule has 3 aromatic carbocycles. The summed E-state index contributed by atoms with van der Waals surface area (Å²) >= 11 is 0. The number of nitrogen functional groups attached to an aromatic ring is 1. The van der Waals surface area contributed by atoms with Gasteiger partial charge in [0.15, 0.2) is 0 Å². The van der Waals surface area contributed by atoms with Crippen LogP contribution >= 0.6 is 0 Å². The highest BCUT2D eigenvalue weighted by Crippen LogP contribution is 2.33. The minimum Gasteiger partial charge on any atom is -0.445 e. The molecule has 4 aromatic rings. The van der Waals surface area contributed by atoms with E-state index in [9.17, 15) is 4.79 Å². The number of rotatable bonds is 4. The molecule has 1 amide bonds. The largest absolute Gasteiger partial charge is 0.445 e. The maximum atomic E-state index is 11.4. The van der Waals surface area contributed by atoms with Crippen LogP contribution in [-0.2, 0) is 11.3 Å². The molecule has 0 aliphatic heterocycles. The standard InChI is InChI=1S/C22H20N4O2/c1-24-22(27)28-13-14-10-15(23)12-16(11-14)25-21-17-6-2-4-8-19(17)26-20-9-5-3-7-18(20)21/h2-12H,13,23H2,1H3,(H,24,27)(H,25,26). The van der Waals surface area contributed by atoms with Gasteiger partial charge in [0.25, 0.3) is 0 Å². The Bertz CT molecular complexity index is 1120. The number of nitrogens with zero attached hydrogens (tertiary/aromatic N) is 1. The van der Waals surface area contributed by atoms with E-state index in [1.165, 1.54) is 7.05 Å². The van der Waals surface area contributed by atoms with Crippen LogP contribution in [0.1, 0.15) is 5.56 Å². The van der Waals surface area contributed by atoms with Crippen LogP contribution in [-0.4, -0.2) is 18.1 Å². The second kappa shape index (κ2) is 7.44. The molecule has 0 radical (unpaired) electrons. The first-order valence-electron chi connectivity index (χ1n) is 8.92. The normalized spacial score (nSPS) is 10.8. The number of aromatic nitrogens is 1. The van der Waals surface area contributed by atoms with Crippen LogP contribution in [0.3, 0.4) is 0 Å². The van der Waals surface area contributed by atoms with E-state index in [1.807, 2.05) is 60.7 Å². The van der Waals surface area contributed by atoms with Gasteiger partial charge in [-0.15, -0.1) is 0 Å². The van der Waals surface area contributed by atoms with Gasteiger partial charge in [0.1, 0.15) is 6.61 Å². The molecular formula is C22H20N4O2. The molecule has 0 saturated heterocycles. The molecule has 4 rings (SSSR count). The lowest BCUT2D eigenvalue weighted by Gasteiger charge is -2.15. The number of para-hydroxylation sites is 2. The number of carbonyl (C=O) groups excluding carboxylic acids is 1. The molecule has 0 bridgehead atoms. The summed E-state index contributed by atoms with van der Waals surface area (Å²) in [4.78, 5) is 16.1. The van der Waals surface area contributed by atoms with Gasteiger partial charge in [0.2, 0.25) is 0 Å². The van der Waals surface area contributed by atoms with Gasteiger partial charge < -0.3 is 21.1 Å². The van der Waals surface area contributed by atoms with E-state index < -0.39 is 6.09 Å². The van der Waals surface area contributed by atoms with E-state index in [1.54, 1.807) is 6.07 Å². The predicted octanol–water partition coefficient (Wildman–Crippen LogP) is 4.57. The minimum absolute atomic E-state index is 0.136. The Labute approximate surface area is 162 Å². The molecule has 0 atom stereocenters. The van der Waals surface area contributed by atoms with Crippen molar-refractivity contribution in [1.82, 2.24) is 10.3 Å². The highest BCUT2D eigenvalue weighted by atomic mass is 16.5. The van der Waals surface area contributed by atoms with Gasteiger partial charge in [-0.1, -0.05) is 36.4 Å². The number of amides is 1. The summed E-state index contributed by atoms with van der Waals surface area (Å²) in [5.74, 6) is 0. The van der Waals surface area contributed by atoms with Gasteiger partial charge in [-0.25, -0.2) is 9.78 Å². The highest BCUT2D eigenvalue weighted by molar-refractivity contribution is 6.08. The topological polar surface area (TPSA) is 89.3 Å². The number of ether oxygens (including phenoxy) is 1. The number of benzene rings is 3. The highest BCUT2D eigenvalue weighted by Gasteiger charge is 2.10. The van der Waals surface area contributed by atoms with Crippen molar-refractivity contribution in [2.45, 2.75) is 6.61 Å². The third-order valence-electron chi connectivity index (χ3n) is 4.45. The second-order valence-electron chi connectivity index (χ2n) is 6.44. The maximum absolute atomic E-state index is 11.4. The molecular weight excluding hydrogens is 352 g/mol. The average molecular weight is 372 g/mol. The van der Waals surface area contributed by atoms with Crippen molar-refractivity contribution in [1.29, 1.82) is 0 Å². The van der Waals surface area contributed by atoms with Gasteiger partial charge in [-0.3, -0.25) is 0 Å². The quantitative estimate of drug-likeness (QED) is 0.361. The first kappa shape index (κ1) is 17.6. The van der Waals surface area contributed by atoms with Gasteiger partial charge in [-0.05, 0) is 35.9 Å². The fourth-order valence-electron chi connectivity index (χ4n) is 3.21. The minimum atomic E-state index is -0.483. The summed E-state index contributed by atoms with van der Waals surface area (Å²) in [5.41, 5.74) is 11.1. The third kappa shape index (κ3) is 3.53. The van der Waals surface area contributed by atoms with Crippen molar-refractivity contribution in [3.63, 3.8) is 0 Å². The van der Waals surface area contributed by atoms with E-state index in [0.29, 0.717) is 5.69 Å². The lowest BCUT2D eigenvalue weighted by Crippen LogP contribution is -2.18. The van der Waals surface area contributed by atoms with Crippen LogP contribution in [0.2, 0.25) is 0 Å². The Morgan fingerprint density at radius 1 is 1.00 bits per heavy atom. The summed E-state index contributed by atoms with van der Waals surface area (Å²) in [7, 11) is 1.52. The first-order valence-corrected chi connectivity index (χ1v) is 8.92. The summed E-state index contributed by atoms with van der Waals surface area (Å²) < 4.78 is 5.13. The molecule has 4 N–H and O–H groups in total. The van der Waals surface area contributed by atoms with Crippen LogP contribution in [0.4, 0.5) is 21.9 Å². The Morgan fingerprint density at radius 3 is 2.29 bits per heavy atom. The van der Waals surface area contributed by atoms with Gasteiger partial charge in [0.05, 0.1) is 16.7 Å². The number of nitrogens with two attached hydrogens (primary N) is 1. The van der Waals surface area contributed by atoms with Crippen molar-refractivity contribution in [3.8, 4) is 0 Å². The van der Waals surface area contributed by atoms with Crippen molar-refractivity contribution in [2.24, 2.45) is 0 Å². The number of carbonyl (C=O) groups is 1. The van der Waals surface area contributed by atoms with E-state index in [0.717, 1.165) is 38.7 Å². The van der Waals surface area contributed by atoms with Gasteiger partial charge >= 0.3 is 6.09 Å². The molecule has 6 heteroatoms. The van der Waals surface area contributed by atoms with Crippen LogP contribution < -0.4 is 16.4 Å². The molecule has 6 nitrogen and oxygen atoms in total. The fraction of sp³-hybridized carbons (Fsp3) is 0.0909. The Hall–Kier alpha value is -3.80. The fourth-order valence-corrected chi connectivity index (χ4v) is 3.21. The van der Waals surface area contributed by atoms with Crippen molar-refractivity contribution < 1.29 is 9.53 Å². The lowest BCUT2D eigenvalue weighted by molar-refractivity contribution is 0.142. The molecule has 1 heterocycles. The average Bonchev–Trinajstić information content (AvgIpc) is 2.71. The van der Waals surface area contributed by atoms with Crippen molar-refractivity contribution in [2.75, 3.05) is 18.1 Å². The zero-order valence-electron chi connectivity index (χ0n) is 15.4. The predicted molar refractivity (Wildman–Crippen MR) is 113 cm³/mol. The van der Waals surface area contributed by atoms with Crippen molar-refractivity contribution in [3.05, 3.63) is 72.3 Å². The summed E-state index contributed by atoms with van der Waals surface area (Å²) in [6, 6.07) is 21.6. The van der Waals surface area contributed by atoms with Gasteiger partial charge in [0, 0.05) is 29.2 Å². The molecule has 28 heavy (non-hydrogen) atoms. The van der Waals surface area contributed by atoms with Crippen LogP contribution in [0.25, 0.3) is 21.8 Å². The monoisotopic (exact) mass is 372 g/mol. The number of hydrogen-bond donors (Lipinski definition) is 3. The number of anilines is 3. The van der Waals surface area contributed by atoms with Crippen LogP contribution in [0.5, 0.6) is 0 Å². The molecule has 0 unspecified atom stereocenters. The molecule has 1 aromatic heterocycles. The molecule has 140 valence electrons. The second-order valence-corrected chi connectivity index (χ2v) is 6.44. The zero-order valence-corrected chi connectivity index (χ0v) is 15.4. The molecule has 0 spiro atoms. The molecule has 0 saturated carbocycles. The van der Waals surface area contributed by atoms with Crippen LogP contribution in [0, 0.1) is 0 Å². The number of nitrogens with one attached hydrogen (secondary N) is 2. The van der Waals surface area contributed by atoms with E-state index in [4.69, 9.17) is 15.5 Å². The SMILES string of the molecule is CNC(=O)OCc1cc(N)cc(Nc2c3ccccc3nc3ccccc23)c1. The van der Waals surface area contributed by atoms with Crippen LogP contribution in [0.15, 0.2) is 66.7 Å².